The molecule has 0 heterocycles. The second-order valence-corrected chi connectivity index (χ2v) is 2.10. The molecule has 0 saturated heterocycles. The summed E-state index contributed by atoms with van der Waals surface area (Å²) >= 11 is 4.08. The summed E-state index contributed by atoms with van der Waals surface area (Å²) in [6.07, 6.45) is 0. The fourth-order valence-electron chi connectivity index (χ4n) is 0.589. The highest BCUT2D eigenvalue weighted by molar-refractivity contribution is 7.84. The SMILES string of the molecule is C=C(S)N(CC)CC. The zero-order valence-corrected chi connectivity index (χ0v) is 6.41. The van der Waals surface area contributed by atoms with Crippen LogP contribution in [0, 0.1) is 0 Å². The van der Waals surface area contributed by atoms with Crippen molar-refractivity contribution >= 4 is 12.6 Å². The van der Waals surface area contributed by atoms with Gasteiger partial charge >= 0.3 is 0 Å². The normalized spacial score (nSPS) is 8.88. The Labute approximate surface area is 56.8 Å². The summed E-state index contributed by atoms with van der Waals surface area (Å²) in [6, 6.07) is 0. The fourth-order valence-corrected chi connectivity index (χ4v) is 0.871. The molecule has 0 aliphatic rings. The first-order valence-electron chi connectivity index (χ1n) is 2.85. The van der Waals surface area contributed by atoms with Gasteiger partial charge in [0.1, 0.15) is 0 Å². The molecule has 0 aromatic heterocycles. The van der Waals surface area contributed by atoms with Gasteiger partial charge in [-0.1, -0.05) is 6.58 Å². The quantitative estimate of drug-likeness (QED) is 0.571. The van der Waals surface area contributed by atoms with E-state index in [1.807, 2.05) is 0 Å². The molecule has 0 unspecified atom stereocenters. The molecule has 1 nitrogen and oxygen atoms in total. The van der Waals surface area contributed by atoms with Gasteiger partial charge in [-0.2, -0.15) is 0 Å². The maximum atomic E-state index is 4.08. The second-order valence-electron chi connectivity index (χ2n) is 1.59. The topological polar surface area (TPSA) is 3.24 Å². The van der Waals surface area contributed by atoms with Crippen LogP contribution in [0.2, 0.25) is 0 Å². The summed E-state index contributed by atoms with van der Waals surface area (Å²) in [5, 5.41) is 0.856. The predicted octanol–water partition coefficient (Wildman–Crippen LogP) is 1.73. The molecule has 0 radical (unpaired) electrons. The summed E-state index contributed by atoms with van der Waals surface area (Å²) in [7, 11) is 0. The summed E-state index contributed by atoms with van der Waals surface area (Å²) in [6.45, 7) is 9.86. The summed E-state index contributed by atoms with van der Waals surface area (Å²) in [5.41, 5.74) is 0. The van der Waals surface area contributed by atoms with Gasteiger partial charge in [0, 0.05) is 13.1 Å². The van der Waals surface area contributed by atoms with E-state index in [0.717, 1.165) is 18.1 Å². The monoisotopic (exact) mass is 131 g/mol. The Kier molecular flexibility index (Phi) is 3.79. The molecule has 0 atom stereocenters. The van der Waals surface area contributed by atoms with Crippen molar-refractivity contribution in [3.63, 3.8) is 0 Å². The van der Waals surface area contributed by atoms with Gasteiger partial charge < -0.3 is 4.90 Å². The molecule has 0 saturated carbocycles. The molecule has 0 fully saturated rings. The second kappa shape index (κ2) is 3.84. The standard InChI is InChI=1S/C6H13NS/c1-4-7(5-2)6(3)8/h8H,3-5H2,1-2H3. The van der Waals surface area contributed by atoms with Crippen LogP contribution in [-0.2, 0) is 0 Å². The van der Waals surface area contributed by atoms with E-state index in [1.54, 1.807) is 0 Å². The molecule has 0 aromatic rings. The van der Waals surface area contributed by atoms with E-state index < -0.39 is 0 Å². The van der Waals surface area contributed by atoms with Crippen LogP contribution < -0.4 is 0 Å². The lowest BCUT2D eigenvalue weighted by molar-refractivity contribution is 0.411. The van der Waals surface area contributed by atoms with Crippen molar-refractivity contribution in [2.45, 2.75) is 13.8 Å². The van der Waals surface area contributed by atoms with Crippen LogP contribution in [0.25, 0.3) is 0 Å². The van der Waals surface area contributed by atoms with Gasteiger partial charge in [0.25, 0.3) is 0 Å². The molecule has 0 aliphatic carbocycles. The van der Waals surface area contributed by atoms with E-state index >= 15 is 0 Å². The van der Waals surface area contributed by atoms with Crippen molar-refractivity contribution in [3.8, 4) is 0 Å². The van der Waals surface area contributed by atoms with Gasteiger partial charge in [-0.25, -0.2) is 0 Å². The molecule has 0 rings (SSSR count). The first-order valence-corrected chi connectivity index (χ1v) is 3.29. The van der Waals surface area contributed by atoms with Crippen LogP contribution in [0.5, 0.6) is 0 Å². The molecule has 2 heteroatoms. The minimum Gasteiger partial charge on any atom is -0.368 e. The van der Waals surface area contributed by atoms with Crippen molar-refractivity contribution < 1.29 is 0 Å². The number of nitrogens with zero attached hydrogens (tertiary/aromatic N) is 1. The third-order valence-corrected chi connectivity index (χ3v) is 1.41. The van der Waals surface area contributed by atoms with E-state index in [0.29, 0.717) is 0 Å². The molecular weight excluding hydrogens is 118 g/mol. The highest BCUT2D eigenvalue weighted by Crippen LogP contribution is 2.02. The lowest BCUT2D eigenvalue weighted by Crippen LogP contribution is -2.18. The van der Waals surface area contributed by atoms with Crippen LogP contribution >= 0.6 is 12.6 Å². The first-order chi connectivity index (χ1) is 3.72. The summed E-state index contributed by atoms with van der Waals surface area (Å²) in [4.78, 5) is 2.09. The van der Waals surface area contributed by atoms with Crippen molar-refractivity contribution in [2.24, 2.45) is 0 Å². The number of hydrogen-bond acceptors (Lipinski definition) is 2. The first kappa shape index (κ1) is 7.89. The highest BCUT2D eigenvalue weighted by Gasteiger charge is 1.93. The maximum Gasteiger partial charge on any atom is 0.0602 e. The molecular formula is C6H13NS. The molecule has 48 valence electrons. The largest absolute Gasteiger partial charge is 0.368 e. The van der Waals surface area contributed by atoms with Crippen molar-refractivity contribution in [2.75, 3.05) is 13.1 Å². The van der Waals surface area contributed by atoms with Crippen LogP contribution in [0.1, 0.15) is 13.8 Å². The third-order valence-electron chi connectivity index (χ3n) is 1.13. The van der Waals surface area contributed by atoms with Gasteiger partial charge in [0.15, 0.2) is 0 Å². The van der Waals surface area contributed by atoms with Crippen molar-refractivity contribution in [1.29, 1.82) is 0 Å². The lowest BCUT2D eigenvalue weighted by atomic mass is 10.5. The lowest BCUT2D eigenvalue weighted by Gasteiger charge is -2.18. The van der Waals surface area contributed by atoms with Gasteiger partial charge in [0.05, 0.1) is 5.03 Å². The Bertz CT molecular complexity index is 76.6. The molecule has 0 bridgehead atoms. The van der Waals surface area contributed by atoms with Crippen LogP contribution in [0.3, 0.4) is 0 Å². The van der Waals surface area contributed by atoms with Crippen LogP contribution in [0.15, 0.2) is 11.6 Å². The Morgan fingerprint density at radius 1 is 1.50 bits per heavy atom. The Balaban J connectivity index is 3.52. The van der Waals surface area contributed by atoms with Gasteiger partial charge in [-0.3, -0.25) is 0 Å². The zero-order chi connectivity index (χ0) is 6.57. The van der Waals surface area contributed by atoms with Crippen molar-refractivity contribution in [3.05, 3.63) is 11.6 Å². The van der Waals surface area contributed by atoms with Gasteiger partial charge in [0.2, 0.25) is 0 Å². The molecule has 0 aromatic carbocycles. The van der Waals surface area contributed by atoms with E-state index in [9.17, 15) is 0 Å². The van der Waals surface area contributed by atoms with E-state index in [4.69, 9.17) is 0 Å². The fraction of sp³-hybridized carbons (Fsp3) is 0.667. The van der Waals surface area contributed by atoms with E-state index in [1.165, 1.54) is 0 Å². The van der Waals surface area contributed by atoms with Crippen LogP contribution in [-0.4, -0.2) is 18.0 Å². The minimum absolute atomic E-state index is 0.856. The minimum atomic E-state index is 0.856. The predicted molar refractivity (Wildman–Crippen MR) is 41.0 cm³/mol. The Morgan fingerprint density at radius 3 is 1.88 bits per heavy atom. The van der Waals surface area contributed by atoms with E-state index in [-0.39, 0.29) is 0 Å². The van der Waals surface area contributed by atoms with Crippen molar-refractivity contribution in [1.82, 2.24) is 4.90 Å². The maximum absolute atomic E-state index is 4.08. The molecule has 0 aliphatic heterocycles. The Hall–Kier alpha value is -0.110. The number of thiol groups is 1. The highest BCUT2D eigenvalue weighted by atomic mass is 32.1. The summed E-state index contributed by atoms with van der Waals surface area (Å²) in [5.74, 6) is 0. The average Bonchev–Trinajstić information content (AvgIpc) is 1.69. The number of hydrogen-bond donors (Lipinski definition) is 1. The third kappa shape index (κ3) is 2.26. The Morgan fingerprint density at radius 2 is 1.88 bits per heavy atom. The molecule has 0 spiro atoms. The number of rotatable bonds is 3. The average molecular weight is 131 g/mol. The molecule has 8 heavy (non-hydrogen) atoms. The molecule has 0 N–H and O–H groups in total. The zero-order valence-electron chi connectivity index (χ0n) is 5.52. The molecule has 0 amide bonds. The van der Waals surface area contributed by atoms with Crippen LogP contribution in [0.4, 0.5) is 0 Å². The van der Waals surface area contributed by atoms with Gasteiger partial charge in [-0.15, -0.1) is 12.6 Å². The smallest absolute Gasteiger partial charge is 0.0602 e. The van der Waals surface area contributed by atoms with Gasteiger partial charge in [-0.05, 0) is 13.8 Å². The summed E-state index contributed by atoms with van der Waals surface area (Å²) < 4.78 is 0. The van der Waals surface area contributed by atoms with E-state index in [2.05, 4.69) is 38.0 Å².